The minimum absolute atomic E-state index is 0.322. The number of methoxy groups -OCH3 is 2. The van der Waals surface area contributed by atoms with Gasteiger partial charge in [0.05, 0.1) is 13.2 Å². The molecule has 1 aliphatic rings. The Bertz CT molecular complexity index is 564. The second-order valence-corrected chi connectivity index (χ2v) is 6.56. The van der Waals surface area contributed by atoms with Gasteiger partial charge in [-0.15, -0.1) is 6.58 Å². The highest BCUT2D eigenvalue weighted by Crippen LogP contribution is 2.39. The number of ether oxygens (including phenoxy) is 5. The Labute approximate surface area is 154 Å². The van der Waals surface area contributed by atoms with Crippen molar-refractivity contribution in [3.63, 3.8) is 0 Å². The zero-order valence-electron chi connectivity index (χ0n) is 15.0. The summed E-state index contributed by atoms with van der Waals surface area (Å²) in [6.07, 6.45) is 0.869. The second kappa shape index (κ2) is 9.40. The van der Waals surface area contributed by atoms with E-state index in [1.165, 1.54) is 0 Å². The highest BCUT2D eigenvalue weighted by molar-refractivity contribution is 7.80. The van der Waals surface area contributed by atoms with Gasteiger partial charge >= 0.3 is 0 Å². The summed E-state index contributed by atoms with van der Waals surface area (Å²) in [4.78, 5) is 0. The third-order valence-corrected chi connectivity index (χ3v) is 4.27. The van der Waals surface area contributed by atoms with Crippen LogP contribution in [0.1, 0.15) is 18.9 Å². The van der Waals surface area contributed by atoms with Crippen molar-refractivity contribution in [1.29, 1.82) is 0 Å². The molecule has 0 unspecified atom stereocenters. The smallest absolute Gasteiger partial charge is 0.198 e. The third-order valence-electron chi connectivity index (χ3n) is 4.17. The fraction of sp³-hybridized carbons (Fsp3) is 0.526. The monoisotopic (exact) mass is 366 g/mol. The number of thiocarbonyl (C=S) groups is 1. The van der Waals surface area contributed by atoms with Gasteiger partial charge in [-0.05, 0) is 24.2 Å². The van der Waals surface area contributed by atoms with E-state index in [9.17, 15) is 0 Å². The fourth-order valence-electron chi connectivity index (χ4n) is 3.15. The molecule has 1 aromatic carbocycles. The first-order valence-corrected chi connectivity index (χ1v) is 8.60. The summed E-state index contributed by atoms with van der Waals surface area (Å²) >= 11 is 5.08. The summed E-state index contributed by atoms with van der Waals surface area (Å²) in [6.45, 7) is 6.36. The summed E-state index contributed by atoms with van der Waals surface area (Å²) in [5.74, 6) is 0. The van der Waals surface area contributed by atoms with Crippen LogP contribution in [0.25, 0.3) is 0 Å². The lowest BCUT2D eigenvalue weighted by atomic mass is 9.92. The van der Waals surface area contributed by atoms with Crippen molar-refractivity contribution in [3.8, 4) is 0 Å². The highest BCUT2D eigenvalue weighted by atomic mass is 32.1. The number of hydrogen-bond acceptors (Lipinski definition) is 6. The molecular formula is C19H26O5S. The minimum Gasteiger partial charge on any atom is -0.476 e. The Balaban J connectivity index is 2.14. The van der Waals surface area contributed by atoms with Crippen molar-refractivity contribution in [2.45, 2.75) is 44.1 Å². The molecule has 6 heteroatoms. The summed E-state index contributed by atoms with van der Waals surface area (Å²) in [5, 5.41) is 0.414. The van der Waals surface area contributed by atoms with E-state index >= 15 is 0 Å². The minimum atomic E-state index is -0.749. The van der Waals surface area contributed by atoms with Gasteiger partial charge in [-0.25, -0.2) is 0 Å². The van der Waals surface area contributed by atoms with Crippen molar-refractivity contribution in [1.82, 2.24) is 0 Å². The standard InChI is InChI=1S/C19H26O5S/c1-5-11-19(13-22-12-15-9-7-6-8-10-15)17(20-3)16(23-14(2)25)18(21-4)24-19/h5-10,16-18H,1,11-13H2,2-4H3/t16-,17+,18+,19-/m1/s1. The van der Waals surface area contributed by atoms with E-state index < -0.39 is 24.1 Å². The van der Waals surface area contributed by atoms with E-state index in [0.717, 1.165) is 5.56 Å². The van der Waals surface area contributed by atoms with Crippen LogP contribution in [-0.2, 0) is 30.3 Å². The first kappa shape index (κ1) is 20.0. The van der Waals surface area contributed by atoms with Gasteiger partial charge in [0.1, 0.15) is 11.7 Å². The van der Waals surface area contributed by atoms with Crippen molar-refractivity contribution >= 4 is 17.3 Å². The molecule has 0 spiro atoms. The predicted molar refractivity (Wildman–Crippen MR) is 99.5 cm³/mol. The Kier molecular flexibility index (Phi) is 7.53. The topological polar surface area (TPSA) is 46.2 Å². The Morgan fingerprint density at radius 1 is 1.28 bits per heavy atom. The van der Waals surface area contributed by atoms with Gasteiger partial charge in [-0.1, -0.05) is 36.4 Å². The predicted octanol–water partition coefficient (Wildman–Crippen LogP) is 3.27. The van der Waals surface area contributed by atoms with E-state index in [0.29, 0.717) is 24.7 Å². The molecule has 0 radical (unpaired) electrons. The molecule has 2 rings (SSSR count). The maximum absolute atomic E-state index is 6.17. The summed E-state index contributed by atoms with van der Waals surface area (Å²) < 4.78 is 29.0. The lowest BCUT2D eigenvalue weighted by Gasteiger charge is -2.33. The van der Waals surface area contributed by atoms with Gasteiger partial charge in [-0.2, -0.15) is 0 Å². The van der Waals surface area contributed by atoms with Crippen LogP contribution in [0.2, 0.25) is 0 Å². The number of hydrogen-bond donors (Lipinski definition) is 0. The van der Waals surface area contributed by atoms with Crippen LogP contribution < -0.4 is 0 Å². The molecule has 1 saturated heterocycles. The maximum atomic E-state index is 6.17. The molecular weight excluding hydrogens is 340 g/mol. The molecule has 1 aromatic rings. The van der Waals surface area contributed by atoms with Crippen molar-refractivity contribution in [2.75, 3.05) is 20.8 Å². The first-order valence-electron chi connectivity index (χ1n) is 8.19. The Morgan fingerprint density at radius 3 is 2.56 bits per heavy atom. The summed E-state index contributed by atoms with van der Waals surface area (Å²) in [6, 6.07) is 9.97. The molecule has 25 heavy (non-hydrogen) atoms. The van der Waals surface area contributed by atoms with E-state index in [1.54, 1.807) is 27.2 Å². The average Bonchev–Trinajstić information content (AvgIpc) is 2.88. The van der Waals surface area contributed by atoms with E-state index in [-0.39, 0.29) is 0 Å². The van der Waals surface area contributed by atoms with Crippen LogP contribution in [0.4, 0.5) is 0 Å². The molecule has 138 valence electrons. The molecule has 0 aromatic heterocycles. The molecule has 4 atom stereocenters. The normalized spacial score (nSPS) is 28.7. The summed E-state index contributed by atoms with van der Waals surface area (Å²) in [5.41, 5.74) is 0.343. The molecule has 1 heterocycles. The van der Waals surface area contributed by atoms with Crippen LogP contribution in [-0.4, -0.2) is 50.0 Å². The zero-order chi connectivity index (χ0) is 18.3. The van der Waals surface area contributed by atoms with Gasteiger partial charge in [-0.3, -0.25) is 0 Å². The molecule has 0 amide bonds. The molecule has 0 bridgehead atoms. The van der Waals surface area contributed by atoms with Crippen LogP contribution in [0.15, 0.2) is 43.0 Å². The van der Waals surface area contributed by atoms with Gasteiger partial charge in [0, 0.05) is 21.1 Å². The van der Waals surface area contributed by atoms with Gasteiger partial charge in [0.25, 0.3) is 0 Å². The van der Waals surface area contributed by atoms with Gasteiger partial charge < -0.3 is 23.7 Å². The molecule has 1 fully saturated rings. The SMILES string of the molecule is C=CC[C@]1(COCc2ccccc2)O[C@H](OC)[C@H](OC(C)=S)[C@@H]1OC. The van der Waals surface area contributed by atoms with E-state index in [2.05, 4.69) is 6.58 Å². The largest absolute Gasteiger partial charge is 0.476 e. The maximum Gasteiger partial charge on any atom is 0.198 e. The van der Waals surface area contributed by atoms with Gasteiger partial charge in [0.2, 0.25) is 0 Å². The zero-order valence-corrected chi connectivity index (χ0v) is 15.8. The first-order chi connectivity index (χ1) is 12.1. The molecule has 0 saturated carbocycles. The number of rotatable bonds is 9. The van der Waals surface area contributed by atoms with Crippen molar-refractivity contribution in [2.24, 2.45) is 0 Å². The van der Waals surface area contributed by atoms with Crippen molar-refractivity contribution in [3.05, 3.63) is 48.6 Å². The summed E-state index contributed by atoms with van der Waals surface area (Å²) in [7, 11) is 3.19. The molecule has 0 aliphatic carbocycles. The van der Waals surface area contributed by atoms with Crippen molar-refractivity contribution < 1.29 is 23.7 Å². The van der Waals surface area contributed by atoms with Gasteiger partial charge in [0.15, 0.2) is 17.4 Å². The van der Waals surface area contributed by atoms with E-state index in [4.69, 9.17) is 35.9 Å². The highest BCUT2D eigenvalue weighted by Gasteiger charge is 2.57. The average molecular weight is 366 g/mol. The second-order valence-electron chi connectivity index (χ2n) is 5.99. The van der Waals surface area contributed by atoms with E-state index in [1.807, 2.05) is 30.3 Å². The quantitative estimate of drug-likeness (QED) is 0.494. The molecule has 0 N–H and O–H groups in total. The third kappa shape index (κ3) is 4.86. The molecule has 1 aliphatic heterocycles. The fourth-order valence-corrected chi connectivity index (χ4v) is 3.26. The van der Waals surface area contributed by atoms with Crippen LogP contribution in [0, 0.1) is 0 Å². The van der Waals surface area contributed by atoms with Crippen LogP contribution in [0.5, 0.6) is 0 Å². The lowest BCUT2D eigenvalue weighted by molar-refractivity contribution is -0.193. The Morgan fingerprint density at radius 2 is 2.00 bits per heavy atom. The van der Waals surface area contributed by atoms with Crippen LogP contribution >= 0.6 is 12.2 Å². The molecule has 5 nitrogen and oxygen atoms in total. The number of benzene rings is 1. The van der Waals surface area contributed by atoms with Crippen LogP contribution in [0.3, 0.4) is 0 Å². The Hall–Kier alpha value is -1.31. The lowest BCUT2D eigenvalue weighted by Crippen LogP contribution is -2.48.